The molecule has 0 unspecified atom stereocenters. The number of carbonyl (C=O) groups excluding carboxylic acids is 1. The molecule has 0 aromatic heterocycles. The third kappa shape index (κ3) is 4.25. The molecule has 4 heteroatoms. The average Bonchev–Trinajstić information content (AvgIpc) is 2.88. The molecule has 0 saturated carbocycles. The van der Waals surface area contributed by atoms with Gasteiger partial charge in [-0.15, -0.1) is 0 Å². The lowest BCUT2D eigenvalue weighted by Crippen LogP contribution is -2.43. The van der Waals surface area contributed by atoms with Crippen LogP contribution in [-0.4, -0.2) is 41.1 Å². The molecule has 0 atom stereocenters. The Balaban J connectivity index is 1.45. The maximum absolute atomic E-state index is 12.1. The van der Waals surface area contributed by atoms with Gasteiger partial charge < -0.3 is 9.64 Å². The summed E-state index contributed by atoms with van der Waals surface area (Å²) in [6.07, 6.45) is 1.99. The van der Waals surface area contributed by atoms with Gasteiger partial charge in [0, 0.05) is 32.7 Å². The minimum atomic E-state index is -0.407. The lowest BCUT2D eigenvalue weighted by atomic mass is 9.96. The average molecular weight is 316 g/mol. The fourth-order valence-electron chi connectivity index (χ4n) is 3.52. The van der Waals surface area contributed by atoms with Crippen LogP contribution in [-0.2, 0) is 17.8 Å². The van der Waals surface area contributed by atoms with E-state index in [0.29, 0.717) is 5.92 Å². The Labute approximate surface area is 139 Å². The van der Waals surface area contributed by atoms with E-state index in [1.165, 1.54) is 11.1 Å². The summed E-state index contributed by atoms with van der Waals surface area (Å²) in [5.74, 6) is 0.683. The monoisotopic (exact) mass is 316 g/mol. The molecule has 2 aliphatic heterocycles. The number of nitrogens with zero attached hydrogens (tertiary/aromatic N) is 2. The fraction of sp³-hybridized carbons (Fsp3) is 0.632. The Morgan fingerprint density at radius 3 is 2.22 bits per heavy atom. The molecule has 0 bridgehead atoms. The molecule has 1 saturated heterocycles. The highest BCUT2D eigenvalue weighted by Crippen LogP contribution is 2.26. The molecule has 23 heavy (non-hydrogen) atoms. The highest BCUT2D eigenvalue weighted by molar-refractivity contribution is 5.68. The molecular weight excluding hydrogens is 288 g/mol. The number of amides is 1. The minimum absolute atomic E-state index is 0.162. The van der Waals surface area contributed by atoms with Gasteiger partial charge in [-0.3, -0.25) is 4.90 Å². The number of carbonyl (C=O) groups is 1. The molecule has 126 valence electrons. The zero-order valence-corrected chi connectivity index (χ0v) is 14.5. The summed E-state index contributed by atoms with van der Waals surface area (Å²) in [6, 6.07) is 8.73. The van der Waals surface area contributed by atoms with Crippen LogP contribution >= 0.6 is 0 Å². The molecule has 2 heterocycles. The third-order valence-corrected chi connectivity index (χ3v) is 4.69. The van der Waals surface area contributed by atoms with Gasteiger partial charge in [0.05, 0.1) is 0 Å². The van der Waals surface area contributed by atoms with Gasteiger partial charge in [0.25, 0.3) is 0 Å². The van der Waals surface area contributed by atoms with Crippen molar-refractivity contribution in [3.63, 3.8) is 0 Å². The summed E-state index contributed by atoms with van der Waals surface area (Å²) in [5, 5.41) is 0. The molecule has 0 radical (unpaired) electrons. The van der Waals surface area contributed by atoms with Crippen molar-refractivity contribution in [1.82, 2.24) is 9.80 Å². The van der Waals surface area contributed by atoms with E-state index in [0.717, 1.165) is 45.6 Å². The lowest BCUT2D eigenvalue weighted by Gasteiger charge is -2.34. The fourth-order valence-corrected chi connectivity index (χ4v) is 3.52. The number of piperidine rings is 1. The van der Waals surface area contributed by atoms with Crippen LogP contribution in [0.25, 0.3) is 0 Å². The van der Waals surface area contributed by atoms with E-state index in [-0.39, 0.29) is 6.09 Å². The minimum Gasteiger partial charge on any atom is -0.444 e. The van der Waals surface area contributed by atoms with Crippen LogP contribution in [0.3, 0.4) is 0 Å². The summed E-state index contributed by atoms with van der Waals surface area (Å²) >= 11 is 0. The molecule has 1 aromatic carbocycles. The second kappa shape index (κ2) is 6.52. The van der Waals surface area contributed by atoms with Crippen molar-refractivity contribution in [3.8, 4) is 0 Å². The highest BCUT2D eigenvalue weighted by Gasteiger charge is 2.28. The third-order valence-electron chi connectivity index (χ3n) is 4.69. The smallest absolute Gasteiger partial charge is 0.410 e. The van der Waals surface area contributed by atoms with Crippen molar-refractivity contribution >= 4 is 6.09 Å². The molecule has 1 fully saturated rings. The molecular formula is C19H28N2O2. The second-order valence-electron chi connectivity index (χ2n) is 7.85. The molecule has 0 N–H and O–H groups in total. The van der Waals surface area contributed by atoms with Gasteiger partial charge in [0.15, 0.2) is 0 Å². The maximum atomic E-state index is 12.1. The van der Waals surface area contributed by atoms with Gasteiger partial charge in [0.1, 0.15) is 5.60 Å². The van der Waals surface area contributed by atoms with Crippen molar-refractivity contribution in [2.24, 2.45) is 5.92 Å². The molecule has 1 aromatic rings. The van der Waals surface area contributed by atoms with Crippen molar-refractivity contribution in [1.29, 1.82) is 0 Å². The molecule has 0 aliphatic carbocycles. The summed E-state index contributed by atoms with van der Waals surface area (Å²) in [4.78, 5) is 16.5. The Bertz CT molecular complexity index is 532. The predicted octanol–water partition coefficient (Wildman–Crippen LogP) is 3.65. The van der Waals surface area contributed by atoms with Crippen LogP contribution < -0.4 is 0 Å². The van der Waals surface area contributed by atoms with Crippen LogP contribution in [0.4, 0.5) is 4.79 Å². The maximum Gasteiger partial charge on any atom is 0.410 e. The van der Waals surface area contributed by atoms with Gasteiger partial charge >= 0.3 is 6.09 Å². The van der Waals surface area contributed by atoms with E-state index < -0.39 is 5.60 Å². The SMILES string of the molecule is CC(C)(C)OC(=O)N1CCC(CN2Cc3ccccc3C2)CC1. The topological polar surface area (TPSA) is 32.8 Å². The summed E-state index contributed by atoms with van der Waals surface area (Å²) < 4.78 is 5.46. The molecule has 1 amide bonds. The first-order valence-electron chi connectivity index (χ1n) is 8.68. The largest absolute Gasteiger partial charge is 0.444 e. The van der Waals surface area contributed by atoms with E-state index in [1.807, 2.05) is 25.7 Å². The number of hydrogen-bond donors (Lipinski definition) is 0. The molecule has 2 aliphatic rings. The summed E-state index contributed by atoms with van der Waals surface area (Å²) in [6.45, 7) is 10.7. The van der Waals surface area contributed by atoms with Crippen LogP contribution in [0.1, 0.15) is 44.7 Å². The van der Waals surface area contributed by atoms with E-state index >= 15 is 0 Å². The van der Waals surface area contributed by atoms with Gasteiger partial charge in [-0.1, -0.05) is 24.3 Å². The van der Waals surface area contributed by atoms with Gasteiger partial charge in [-0.05, 0) is 50.7 Å². The standard InChI is InChI=1S/C19H28N2O2/c1-19(2,3)23-18(22)21-10-8-15(9-11-21)12-20-13-16-6-4-5-7-17(16)14-20/h4-7,15H,8-14H2,1-3H3. The number of hydrogen-bond acceptors (Lipinski definition) is 3. The zero-order valence-electron chi connectivity index (χ0n) is 14.5. The van der Waals surface area contributed by atoms with E-state index in [9.17, 15) is 4.79 Å². The van der Waals surface area contributed by atoms with Crippen LogP contribution in [0.2, 0.25) is 0 Å². The number of fused-ring (bicyclic) bond motifs is 1. The quantitative estimate of drug-likeness (QED) is 0.835. The Hall–Kier alpha value is -1.55. The first-order valence-corrected chi connectivity index (χ1v) is 8.68. The number of likely N-dealkylation sites (tertiary alicyclic amines) is 1. The highest BCUT2D eigenvalue weighted by atomic mass is 16.6. The normalized spacial score (nSPS) is 19.7. The van der Waals surface area contributed by atoms with Crippen LogP contribution in [0, 0.1) is 5.92 Å². The molecule has 3 rings (SSSR count). The first kappa shape index (κ1) is 16.3. The summed E-state index contributed by atoms with van der Waals surface area (Å²) in [7, 11) is 0. The van der Waals surface area contributed by atoms with Gasteiger partial charge in [-0.25, -0.2) is 4.79 Å². The van der Waals surface area contributed by atoms with Crippen LogP contribution in [0.5, 0.6) is 0 Å². The Kier molecular flexibility index (Phi) is 4.62. The summed E-state index contributed by atoms with van der Waals surface area (Å²) in [5.41, 5.74) is 2.53. The van der Waals surface area contributed by atoms with Crippen molar-refractivity contribution in [2.45, 2.75) is 52.3 Å². The van der Waals surface area contributed by atoms with Crippen molar-refractivity contribution < 1.29 is 9.53 Å². The first-order chi connectivity index (χ1) is 10.9. The molecule has 0 spiro atoms. The number of rotatable bonds is 2. The van der Waals surface area contributed by atoms with Crippen molar-refractivity contribution in [2.75, 3.05) is 19.6 Å². The van der Waals surface area contributed by atoms with Gasteiger partial charge in [-0.2, -0.15) is 0 Å². The zero-order chi connectivity index (χ0) is 16.4. The number of ether oxygens (including phenoxy) is 1. The van der Waals surface area contributed by atoms with E-state index in [1.54, 1.807) is 0 Å². The van der Waals surface area contributed by atoms with E-state index in [4.69, 9.17) is 4.74 Å². The van der Waals surface area contributed by atoms with Crippen molar-refractivity contribution in [3.05, 3.63) is 35.4 Å². The second-order valence-corrected chi connectivity index (χ2v) is 7.85. The van der Waals surface area contributed by atoms with E-state index in [2.05, 4.69) is 29.2 Å². The Morgan fingerprint density at radius 2 is 1.70 bits per heavy atom. The van der Waals surface area contributed by atoms with Gasteiger partial charge in [0.2, 0.25) is 0 Å². The molecule has 4 nitrogen and oxygen atoms in total. The Morgan fingerprint density at radius 1 is 1.13 bits per heavy atom. The predicted molar refractivity (Wildman–Crippen MR) is 91.1 cm³/mol. The number of benzene rings is 1. The van der Waals surface area contributed by atoms with Crippen LogP contribution in [0.15, 0.2) is 24.3 Å². The lowest BCUT2D eigenvalue weighted by molar-refractivity contribution is 0.0169.